The van der Waals surface area contributed by atoms with Crippen LogP contribution in [0.3, 0.4) is 0 Å². The maximum Gasteiger partial charge on any atom is 0.242 e. The molecule has 1 heterocycles. The van der Waals surface area contributed by atoms with Crippen molar-refractivity contribution >= 4 is 34.0 Å². The first kappa shape index (κ1) is 21.9. The Labute approximate surface area is 155 Å². The Bertz CT molecular complexity index is 716. The van der Waals surface area contributed by atoms with Gasteiger partial charge < -0.3 is 15.4 Å². The molecule has 1 amide bonds. The van der Waals surface area contributed by atoms with Crippen LogP contribution >= 0.6 is 12.4 Å². The highest BCUT2D eigenvalue weighted by Crippen LogP contribution is 2.25. The summed E-state index contributed by atoms with van der Waals surface area (Å²) < 4.78 is 31.2. The van der Waals surface area contributed by atoms with Gasteiger partial charge in [-0.3, -0.25) is 4.79 Å². The van der Waals surface area contributed by atoms with Crippen molar-refractivity contribution in [1.82, 2.24) is 9.62 Å². The average Bonchev–Trinajstić information content (AvgIpc) is 2.52. The van der Waals surface area contributed by atoms with E-state index in [1.165, 1.54) is 20.2 Å². The Morgan fingerprint density at radius 2 is 2.04 bits per heavy atom. The normalized spacial score (nSPS) is 17.9. The van der Waals surface area contributed by atoms with Crippen LogP contribution in [-0.2, 0) is 19.6 Å². The second kappa shape index (κ2) is 8.95. The molecule has 1 aliphatic rings. The average molecular weight is 392 g/mol. The van der Waals surface area contributed by atoms with E-state index in [9.17, 15) is 13.2 Å². The first-order valence-electron chi connectivity index (χ1n) is 7.86. The number of benzene rings is 1. The zero-order valence-corrected chi connectivity index (χ0v) is 16.6. The molecule has 0 radical (unpaired) electrons. The topological polar surface area (TPSA) is 87.7 Å². The number of ether oxygens (including phenoxy) is 1. The van der Waals surface area contributed by atoms with Crippen molar-refractivity contribution in [3.8, 4) is 0 Å². The minimum absolute atomic E-state index is 0. The lowest BCUT2D eigenvalue weighted by Gasteiger charge is -2.23. The molecule has 1 fully saturated rings. The van der Waals surface area contributed by atoms with Gasteiger partial charge in [0.15, 0.2) is 0 Å². The number of carbonyl (C=O) groups excluding carboxylic acids is 1. The fourth-order valence-electron chi connectivity index (χ4n) is 2.49. The van der Waals surface area contributed by atoms with Crippen LogP contribution in [0.15, 0.2) is 17.0 Å². The van der Waals surface area contributed by atoms with Crippen LogP contribution in [0.1, 0.15) is 17.5 Å². The zero-order valence-electron chi connectivity index (χ0n) is 15.0. The van der Waals surface area contributed by atoms with Gasteiger partial charge in [-0.15, -0.1) is 12.4 Å². The minimum atomic E-state index is -3.55. The SMILES string of the molecule is Cc1cc(S(=O)(=O)N(C)C)cc(NC(=O)CC2COCCN2)c1C.Cl. The molecule has 0 saturated carbocycles. The molecule has 2 rings (SSSR count). The second-order valence-electron chi connectivity index (χ2n) is 6.18. The van der Waals surface area contributed by atoms with Crippen molar-refractivity contribution in [2.45, 2.75) is 31.2 Å². The van der Waals surface area contributed by atoms with Gasteiger partial charge in [0.05, 0.1) is 18.1 Å². The third-order valence-corrected chi connectivity index (χ3v) is 5.92. The number of anilines is 1. The number of aryl methyl sites for hydroxylation is 1. The Balaban J connectivity index is 0.00000312. The lowest BCUT2D eigenvalue weighted by Crippen LogP contribution is -2.43. The van der Waals surface area contributed by atoms with E-state index in [1.807, 2.05) is 13.8 Å². The summed E-state index contributed by atoms with van der Waals surface area (Å²) >= 11 is 0. The second-order valence-corrected chi connectivity index (χ2v) is 8.33. The number of nitrogens with zero attached hydrogens (tertiary/aromatic N) is 1. The van der Waals surface area contributed by atoms with Crippen LogP contribution < -0.4 is 10.6 Å². The summed E-state index contributed by atoms with van der Waals surface area (Å²) in [4.78, 5) is 12.4. The molecule has 9 heteroatoms. The van der Waals surface area contributed by atoms with Crippen LogP contribution in [0.2, 0.25) is 0 Å². The number of hydrogen-bond acceptors (Lipinski definition) is 5. The van der Waals surface area contributed by atoms with Gasteiger partial charge in [0.1, 0.15) is 0 Å². The first-order valence-corrected chi connectivity index (χ1v) is 9.30. The number of sulfonamides is 1. The number of amides is 1. The third-order valence-electron chi connectivity index (χ3n) is 4.12. The van der Waals surface area contributed by atoms with Gasteiger partial charge in [-0.2, -0.15) is 0 Å². The van der Waals surface area contributed by atoms with Crippen molar-refractivity contribution in [3.63, 3.8) is 0 Å². The molecular formula is C16H26ClN3O4S. The lowest BCUT2D eigenvalue weighted by molar-refractivity contribution is -0.117. The van der Waals surface area contributed by atoms with Crippen LogP contribution in [0, 0.1) is 13.8 Å². The van der Waals surface area contributed by atoms with Gasteiger partial charge in [-0.1, -0.05) is 0 Å². The molecule has 0 aromatic heterocycles. The minimum Gasteiger partial charge on any atom is -0.378 e. The van der Waals surface area contributed by atoms with E-state index in [4.69, 9.17) is 4.74 Å². The Morgan fingerprint density at radius 3 is 2.60 bits per heavy atom. The predicted molar refractivity (Wildman–Crippen MR) is 99.9 cm³/mol. The first-order chi connectivity index (χ1) is 11.2. The quantitative estimate of drug-likeness (QED) is 0.789. The number of morpholine rings is 1. The Hall–Kier alpha value is -1.19. The van der Waals surface area contributed by atoms with E-state index < -0.39 is 10.0 Å². The fraction of sp³-hybridized carbons (Fsp3) is 0.562. The van der Waals surface area contributed by atoms with E-state index in [-0.39, 0.29) is 35.7 Å². The van der Waals surface area contributed by atoms with E-state index in [1.54, 1.807) is 6.07 Å². The van der Waals surface area contributed by atoms with Crippen molar-refractivity contribution < 1.29 is 17.9 Å². The fourth-order valence-corrected chi connectivity index (χ4v) is 3.51. The number of carbonyl (C=O) groups is 1. The standard InChI is InChI=1S/C16H25N3O4S.ClH/c1-11-7-14(24(21,22)19(3)4)9-15(12(11)2)18-16(20)8-13-10-23-6-5-17-13;/h7,9,13,17H,5-6,8,10H2,1-4H3,(H,18,20);1H. The molecule has 1 unspecified atom stereocenters. The highest BCUT2D eigenvalue weighted by atomic mass is 35.5. The molecule has 1 aromatic rings. The molecule has 0 aliphatic carbocycles. The molecule has 2 N–H and O–H groups in total. The summed E-state index contributed by atoms with van der Waals surface area (Å²) in [7, 11) is -0.585. The van der Waals surface area contributed by atoms with Crippen molar-refractivity contribution in [2.75, 3.05) is 39.2 Å². The molecule has 7 nitrogen and oxygen atoms in total. The number of halogens is 1. The maximum absolute atomic E-state index is 12.3. The molecule has 1 saturated heterocycles. The van der Waals surface area contributed by atoms with Crippen LogP contribution in [0.4, 0.5) is 5.69 Å². The summed E-state index contributed by atoms with van der Waals surface area (Å²) in [6, 6.07) is 3.12. The maximum atomic E-state index is 12.3. The van der Waals surface area contributed by atoms with Crippen LogP contribution in [0.25, 0.3) is 0 Å². The van der Waals surface area contributed by atoms with Gasteiger partial charge >= 0.3 is 0 Å². The lowest BCUT2D eigenvalue weighted by atomic mass is 10.1. The summed E-state index contributed by atoms with van der Waals surface area (Å²) in [5, 5.41) is 6.06. The summed E-state index contributed by atoms with van der Waals surface area (Å²) in [5.41, 5.74) is 2.19. The van der Waals surface area contributed by atoms with Crippen molar-refractivity contribution in [1.29, 1.82) is 0 Å². The van der Waals surface area contributed by atoms with Gasteiger partial charge in [0, 0.05) is 38.8 Å². The molecular weight excluding hydrogens is 366 g/mol. The van der Waals surface area contributed by atoms with E-state index in [0.29, 0.717) is 18.9 Å². The summed E-state index contributed by atoms with van der Waals surface area (Å²) in [6.07, 6.45) is 0.281. The number of hydrogen-bond donors (Lipinski definition) is 2. The zero-order chi connectivity index (χ0) is 17.9. The van der Waals surface area contributed by atoms with Crippen LogP contribution in [-0.4, -0.2) is 58.5 Å². The largest absolute Gasteiger partial charge is 0.378 e. The van der Waals surface area contributed by atoms with Crippen molar-refractivity contribution in [3.05, 3.63) is 23.3 Å². The van der Waals surface area contributed by atoms with Gasteiger partial charge in [-0.25, -0.2) is 12.7 Å². The molecule has 25 heavy (non-hydrogen) atoms. The van der Waals surface area contributed by atoms with E-state index in [0.717, 1.165) is 22.0 Å². The summed E-state index contributed by atoms with van der Waals surface area (Å²) in [5.74, 6) is -0.167. The van der Waals surface area contributed by atoms with Gasteiger partial charge in [0.2, 0.25) is 15.9 Å². The molecule has 142 valence electrons. The van der Waals surface area contributed by atoms with Gasteiger partial charge in [-0.05, 0) is 37.1 Å². The Kier molecular flexibility index (Phi) is 7.83. The summed E-state index contributed by atoms with van der Waals surface area (Å²) in [6.45, 7) is 5.57. The Morgan fingerprint density at radius 1 is 1.36 bits per heavy atom. The predicted octanol–water partition coefficient (Wildman–Crippen LogP) is 1.29. The van der Waals surface area contributed by atoms with Crippen molar-refractivity contribution in [2.24, 2.45) is 0 Å². The highest BCUT2D eigenvalue weighted by molar-refractivity contribution is 7.89. The highest BCUT2D eigenvalue weighted by Gasteiger charge is 2.21. The number of rotatable bonds is 5. The smallest absolute Gasteiger partial charge is 0.242 e. The van der Waals surface area contributed by atoms with Crippen LogP contribution in [0.5, 0.6) is 0 Å². The monoisotopic (exact) mass is 391 g/mol. The molecule has 1 atom stereocenters. The third kappa shape index (κ3) is 5.39. The molecule has 1 aromatic carbocycles. The molecule has 0 bridgehead atoms. The van der Waals surface area contributed by atoms with Gasteiger partial charge in [0.25, 0.3) is 0 Å². The molecule has 0 spiro atoms. The van der Waals surface area contributed by atoms with E-state index in [2.05, 4.69) is 10.6 Å². The van der Waals surface area contributed by atoms with E-state index >= 15 is 0 Å². The molecule has 1 aliphatic heterocycles. The number of nitrogens with one attached hydrogen (secondary N) is 2.